The lowest BCUT2D eigenvalue weighted by Gasteiger charge is -2.14. The topological polar surface area (TPSA) is 83.0 Å². The Morgan fingerprint density at radius 2 is 1.86 bits per heavy atom. The Morgan fingerprint density at radius 1 is 1.17 bits per heavy atom. The predicted molar refractivity (Wildman–Crippen MR) is 130 cm³/mol. The average molecular weight is 553 g/mol. The number of nitrogens with zero attached hydrogens (tertiary/aromatic N) is 2. The minimum absolute atomic E-state index is 0. The average Bonchev–Trinajstić information content (AvgIpc) is 3.13. The second kappa shape index (κ2) is 11.7. The van der Waals surface area contributed by atoms with Crippen LogP contribution in [0.1, 0.15) is 22.9 Å². The van der Waals surface area contributed by atoms with Crippen molar-refractivity contribution in [2.45, 2.75) is 31.1 Å². The van der Waals surface area contributed by atoms with E-state index >= 15 is 0 Å². The zero-order valence-electron chi connectivity index (χ0n) is 17.4. The van der Waals surface area contributed by atoms with E-state index in [1.165, 1.54) is 29.7 Å². The van der Waals surface area contributed by atoms with E-state index in [1.807, 2.05) is 38.1 Å². The largest absolute Gasteiger partial charge is 0.494 e. The summed E-state index contributed by atoms with van der Waals surface area (Å²) in [6.45, 7) is 5.66. The zero-order chi connectivity index (χ0) is 20.7. The van der Waals surface area contributed by atoms with Crippen LogP contribution in [0.15, 0.2) is 39.5 Å². The van der Waals surface area contributed by atoms with Gasteiger partial charge in [-0.2, -0.15) is 0 Å². The number of aliphatic imine (C=N–C) groups is 1. The molecule has 10 heteroatoms. The summed E-state index contributed by atoms with van der Waals surface area (Å²) in [5.74, 6) is 1.50. The van der Waals surface area contributed by atoms with E-state index in [2.05, 4.69) is 15.6 Å². The summed E-state index contributed by atoms with van der Waals surface area (Å²) < 4.78 is 31.6. The number of guanidine groups is 1. The smallest absolute Gasteiger partial charge is 0.252 e. The van der Waals surface area contributed by atoms with Gasteiger partial charge in [0.05, 0.1) is 13.2 Å². The molecular formula is C19H29IN4O3S2. The van der Waals surface area contributed by atoms with Gasteiger partial charge in [0.2, 0.25) is 0 Å². The number of hydrogen-bond acceptors (Lipinski definition) is 5. The predicted octanol–water partition coefficient (Wildman–Crippen LogP) is 3.19. The maximum absolute atomic E-state index is 12.2. The van der Waals surface area contributed by atoms with Gasteiger partial charge in [-0.1, -0.05) is 12.1 Å². The molecule has 29 heavy (non-hydrogen) atoms. The third-order valence-electron chi connectivity index (χ3n) is 3.99. The molecule has 0 spiro atoms. The van der Waals surface area contributed by atoms with E-state index in [1.54, 1.807) is 13.1 Å². The van der Waals surface area contributed by atoms with Crippen LogP contribution in [0.4, 0.5) is 0 Å². The van der Waals surface area contributed by atoms with Gasteiger partial charge in [-0.25, -0.2) is 12.7 Å². The molecule has 0 fully saturated rings. The van der Waals surface area contributed by atoms with Crippen molar-refractivity contribution in [3.63, 3.8) is 0 Å². The van der Waals surface area contributed by atoms with Crippen molar-refractivity contribution >= 4 is 51.3 Å². The molecule has 0 aliphatic heterocycles. The zero-order valence-corrected chi connectivity index (χ0v) is 21.3. The monoisotopic (exact) mass is 552 g/mol. The van der Waals surface area contributed by atoms with Gasteiger partial charge in [0.1, 0.15) is 9.96 Å². The van der Waals surface area contributed by atoms with Crippen LogP contribution in [0, 0.1) is 6.92 Å². The number of rotatable bonds is 8. The number of aryl methyl sites for hydroxylation is 1. The lowest BCUT2D eigenvalue weighted by molar-refractivity contribution is 0.336. The minimum atomic E-state index is -3.40. The Hall–Kier alpha value is -1.37. The van der Waals surface area contributed by atoms with E-state index in [-0.39, 0.29) is 24.0 Å². The van der Waals surface area contributed by atoms with Crippen LogP contribution < -0.4 is 15.4 Å². The normalized spacial score (nSPS) is 11.9. The van der Waals surface area contributed by atoms with Crippen molar-refractivity contribution in [2.75, 3.05) is 27.7 Å². The molecule has 0 radical (unpaired) electrons. The third kappa shape index (κ3) is 7.12. The summed E-state index contributed by atoms with van der Waals surface area (Å²) in [6, 6.07) is 9.56. The Balaban J connectivity index is 0.00000420. The highest BCUT2D eigenvalue weighted by molar-refractivity contribution is 14.0. The summed E-state index contributed by atoms with van der Waals surface area (Å²) in [6.07, 6.45) is 0. The number of halogens is 1. The first-order valence-corrected chi connectivity index (χ1v) is 11.2. The first-order valence-electron chi connectivity index (χ1n) is 8.96. The molecule has 1 aromatic carbocycles. The van der Waals surface area contributed by atoms with Crippen LogP contribution in [0.25, 0.3) is 0 Å². The van der Waals surface area contributed by atoms with Gasteiger partial charge in [0, 0.05) is 38.1 Å². The second-order valence-corrected chi connectivity index (χ2v) is 9.88. The molecule has 0 aliphatic rings. The Labute approximate surface area is 194 Å². The van der Waals surface area contributed by atoms with Crippen LogP contribution in [0.3, 0.4) is 0 Å². The van der Waals surface area contributed by atoms with E-state index in [9.17, 15) is 8.42 Å². The molecule has 0 saturated carbocycles. The van der Waals surface area contributed by atoms with Crippen molar-refractivity contribution < 1.29 is 13.2 Å². The van der Waals surface area contributed by atoms with Gasteiger partial charge in [-0.3, -0.25) is 4.99 Å². The number of ether oxygens (including phenoxy) is 1. The first kappa shape index (κ1) is 25.7. The van der Waals surface area contributed by atoms with Crippen molar-refractivity contribution in [3.8, 4) is 5.75 Å². The van der Waals surface area contributed by atoms with Crippen LogP contribution in [0.2, 0.25) is 0 Å². The molecule has 162 valence electrons. The van der Waals surface area contributed by atoms with Crippen molar-refractivity contribution in [1.29, 1.82) is 0 Å². The SMILES string of the molecule is CCOc1cc(C)ccc1CNC(=NC)NCc1ccc(S(=O)(=O)N(C)C)s1.I. The van der Waals surface area contributed by atoms with Gasteiger partial charge in [0.25, 0.3) is 10.0 Å². The number of sulfonamides is 1. The maximum atomic E-state index is 12.2. The van der Waals surface area contributed by atoms with E-state index in [0.717, 1.165) is 21.8 Å². The minimum Gasteiger partial charge on any atom is -0.494 e. The molecule has 7 nitrogen and oxygen atoms in total. The Morgan fingerprint density at radius 3 is 2.48 bits per heavy atom. The quantitative estimate of drug-likeness (QED) is 0.299. The van der Waals surface area contributed by atoms with Gasteiger partial charge in [-0.15, -0.1) is 35.3 Å². The second-order valence-electron chi connectivity index (χ2n) is 6.33. The number of hydrogen-bond donors (Lipinski definition) is 2. The summed E-state index contributed by atoms with van der Waals surface area (Å²) in [5.41, 5.74) is 2.20. The number of nitrogens with one attached hydrogen (secondary N) is 2. The highest BCUT2D eigenvalue weighted by Gasteiger charge is 2.19. The molecule has 1 aromatic heterocycles. The molecule has 1 heterocycles. The number of thiophene rings is 1. The Kier molecular flexibility index (Phi) is 10.4. The fourth-order valence-electron chi connectivity index (χ4n) is 2.44. The molecule has 0 aliphatic carbocycles. The lowest BCUT2D eigenvalue weighted by atomic mass is 10.1. The van der Waals surface area contributed by atoms with Gasteiger partial charge in [0.15, 0.2) is 5.96 Å². The van der Waals surface area contributed by atoms with Crippen molar-refractivity contribution in [1.82, 2.24) is 14.9 Å². The highest BCUT2D eigenvalue weighted by atomic mass is 127. The first-order chi connectivity index (χ1) is 13.3. The van der Waals surface area contributed by atoms with E-state index in [0.29, 0.717) is 29.9 Å². The van der Waals surface area contributed by atoms with E-state index < -0.39 is 10.0 Å². The third-order valence-corrected chi connectivity index (χ3v) is 7.36. The van der Waals surface area contributed by atoms with Crippen LogP contribution in [-0.4, -0.2) is 46.4 Å². The van der Waals surface area contributed by atoms with Gasteiger partial charge in [-0.05, 0) is 37.6 Å². The maximum Gasteiger partial charge on any atom is 0.252 e. The summed E-state index contributed by atoms with van der Waals surface area (Å²) in [5, 5.41) is 6.48. The highest BCUT2D eigenvalue weighted by Crippen LogP contribution is 2.23. The van der Waals surface area contributed by atoms with Crippen LogP contribution in [0.5, 0.6) is 5.75 Å². The Bertz CT molecular complexity index is 927. The van der Waals surface area contributed by atoms with Gasteiger partial charge < -0.3 is 15.4 Å². The van der Waals surface area contributed by atoms with Crippen molar-refractivity contribution in [2.24, 2.45) is 4.99 Å². The molecule has 2 N–H and O–H groups in total. The molecular weight excluding hydrogens is 523 g/mol. The molecule has 2 rings (SSSR count). The van der Waals surface area contributed by atoms with Crippen LogP contribution in [-0.2, 0) is 23.1 Å². The van der Waals surface area contributed by atoms with Crippen LogP contribution >= 0.6 is 35.3 Å². The molecule has 0 saturated heterocycles. The summed E-state index contributed by atoms with van der Waals surface area (Å²) in [4.78, 5) is 5.14. The number of benzene rings is 1. The van der Waals surface area contributed by atoms with Gasteiger partial charge >= 0.3 is 0 Å². The lowest BCUT2D eigenvalue weighted by Crippen LogP contribution is -2.36. The standard InChI is InChI=1S/C19H28N4O3S2.HI/c1-6-26-17-11-14(2)7-8-15(17)12-21-19(20-3)22-13-16-9-10-18(27-16)28(24,25)23(4)5;/h7-11H,6,12-13H2,1-5H3,(H2,20,21,22);1H. The summed E-state index contributed by atoms with van der Waals surface area (Å²) >= 11 is 1.25. The molecule has 0 amide bonds. The molecule has 0 unspecified atom stereocenters. The fourth-order valence-corrected chi connectivity index (χ4v) is 4.90. The van der Waals surface area contributed by atoms with E-state index in [4.69, 9.17) is 4.74 Å². The fraction of sp³-hybridized carbons (Fsp3) is 0.421. The molecule has 0 bridgehead atoms. The molecule has 0 atom stereocenters. The van der Waals surface area contributed by atoms with Crippen molar-refractivity contribution in [3.05, 3.63) is 46.3 Å². The molecule has 2 aromatic rings. The summed E-state index contributed by atoms with van der Waals surface area (Å²) in [7, 11) is 1.36.